The summed E-state index contributed by atoms with van der Waals surface area (Å²) in [5, 5.41) is 1.18. The van der Waals surface area contributed by atoms with Gasteiger partial charge in [0.1, 0.15) is 0 Å². The van der Waals surface area contributed by atoms with E-state index in [0.29, 0.717) is 5.56 Å². The largest absolute Gasteiger partial charge is 0.504 e. The Labute approximate surface area is 95.0 Å². The second-order valence-electron chi connectivity index (χ2n) is 3.15. The van der Waals surface area contributed by atoms with Crippen LogP contribution in [0, 0.1) is 0 Å². The van der Waals surface area contributed by atoms with Gasteiger partial charge in [-0.25, -0.2) is 5.06 Å². The SMILES string of the molecule is COC=Cc1cccc(C(=O)N(C)OC)c1. The van der Waals surface area contributed by atoms with Crippen molar-refractivity contribution in [3.8, 4) is 0 Å². The Morgan fingerprint density at radius 3 is 2.75 bits per heavy atom. The van der Waals surface area contributed by atoms with Crippen molar-refractivity contribution < 1.29 is 14.4 Å². The Kier molecular flexibility index (Phi) is 4.54. The molecule has 0 aromatic heterocycles. The van der Waals surface area contributed by atoms with Gasteiger partial charge in [0.05, 0.1) is 20.5 Å². The summed E-state index contributed by atoms with van der Waals surface area (Å²) in [6, 6.07) is 7.21. The number of nitrogens with zero attached hydrogens (tertiary/aromatic N) is 1. The number of carbonyl (C=O) groups excluding carboxylic acids is 1. The Hall–Kier alpha value is -1.81. The molecule has 1 amide bonds. The molecular formula is C12H15NO3. The van der Waals surface area contributed by atoms with Crippen LogP contribution in [0.3, 0.4) is 0 Å². The molecule has 0 unspecified atom stereocenters. The van der Waals surface area contributed by atoms with E-state index < -0.39 is 0 Å². The fourth-order valence-electron chi connectivity index (χ4n) is 1.19. The molecule has 0 aliphatic carbocycles. The van der Waals surface area contributed by atoms with Crippen LogP contribution in [-0.4, -0.2) is 32.2 Å². The molecule has 4 heteroatoms. The minimum atomic E-state index is -0.185. The van der Waals surface area contributed by atoms with E-state index in [2.05, 4.69) is 0 Å². The lowest BCUT2D eigenvalue weighted by Gasteiger charge is -2.13. The Bertz CT molecular complexity index is 388. The van der Waals surface area contributed by atoms with E-state index in [-0.39, 0.29) is 5.91 Å². The zero-order valence-electron chi connectivity index (χ0n) is 9.64. The molecule has 0 spiro atoms. The minimum absolute atomic E-state index is 0.185. The molecule has 0 saturated heterocycles. The third kappa shape index (κ3) is 3.10. The van der Waals surface area contributed by atoms with Gasteiger partial charge >= 0.3 is 0 Å². The number of rotatable bonds is 4. The number of amides is 1. The number of hydrogen-bond acceptors (Lipinski definition) is 3. The van der Waals surface area contributed by atoms with Crippen molar-refractivity contribution in [2.24, 2.45) is 0 Å². The summed E-state index contributed by atoms with van der Waals surface area (Å²) < 4.78 is 4.81. The highest BCUT2D eigenvalue weighted by Gasteiger charge is 2.10. The number of carbonyl (C=O) groups is 1. The molecule has 1 aromatic rings. The van der Waals surface area contributed by atoms with Crippen molar-refractivity contribution >= 4 is 12.0 Å². The van der Waals surface area contributed by atoms with Crippen LogP contribution in [0.15, 0.2) is 30.5 Å². The predicted molar refractivity (Wildman–Crippen MR) is 61.6 cm³/mol. The van der Waals surface area contributed by atoms with Gasteiger partial charge in [0.25, 0.3) is 5.91 Å². The maximum absolute atomic E-state index is 11.7. The number of benzene rings is 1. The van der Waals surface area contributed by atoms with Gasteiger partial charge in [0.15, 0.2) is 0 Å². The van der Waals surface area contributed by atoms with Crippen molar-refractivity contribution in [3.05, 3.63) is 41.7 Å². The van der Waals surface area contributed by atoms with Gasteiger partial charge in [0.2, 0.25) is 0 Å². The van der Waals surface area contributed by atoms with Crippen molar-refractivity contribution in [3.63, 3.8) is 0 Å². The Morgan fingerprint density at radius 1 is 1.38 bits per heavy atom. The minimum Gasteiger partial charge on any atom is -0.504 e. The molecule has 0 fully saturated rings. The first-order chi connectivity index (χ1) is 7.69. The normalized spacial score (nSPS) is 10.4. The zero-order chi connectivity index (χ0) is 12.0. The molecule has 0 heterocycles. The number of methoxy groups -OCH3 is 1. The fraction of sp³-hybridized carbons (Fsp3) is 0.250. The lowest BCUT2D eigenvalue weighted by Crippen LogP contribution is -2.25. The standard InChI is InChI=1S/C12H15NO3/c1-13(16-3)12(14)11-6-4-5-10(9-11)7-8-15-2/h4-9H,1-3H3. The van der Waals surface area contributed by atoms with Crippen LogP contribution in [0.1, 0.15) is 15.9 Å². The van der Waals surface area contributed by atoms with E-state index in [1.54, 1.807) is 38.6 Å². The fourth-order valence-corrected chi connectivity index (χ4v) is 1.19. The average molecular weight is 221 g/mol. The molecule has 0 aliphatic rings. The van der Waals surface area contributed by atoms with Crippen LogP contribution >= 0.6 is 0 Å². The first kappa shape index (κ1) is 12.3. The second kappa shape index (κ2) is 5.92. The van der Waals surface area contributed by atoms with Crippen molar-refractivity contribution in [2.75, 3.05) is 21.3 Å². The third-order valence-corrected chi connectivity index (χ3v) is 2.09. The molecule has 4 nitrogen and oxygen atoms in total. The highest BCUT2D eigenvalue weighted by atomic mass is 16.7. The summed E-state index contributed by atoms with van der Waals surface area (Å²) in [7, 11) is 4.59. The van der Waals surface area contributed by atoms with Gasteiger partial charge < -0.3 is 4.74 Å². The Balaban J connectivity index is 2.89. The molecule has 0 saturated carbocycles. The van der Waals surface area contributed by atoms with Crippen LogP contribution in [0.25, 0.3) is 6.08 Å². The van der Waals surface area contributed by atoms with Crippen LogP contribution in [0.2, 0.25) is 0 Å². The summed E-state index contributed by atoms with van der Waals surface area (Å²) in [4.78, 5) is 16.6. The van der Waals surface area contributed by atoms with Gasteiger partial charge in [-0.2, -0.15) is 0 Å². The summed E-state index contributed by atoms with van der Waals surface area (Å²) in [5.41, 5.74) is 1.47. The lowest BCUT2D eigenvalue weighted by atomic mass is 10.1. The smallest absolute Gasteiger partial charge is 0.277 e. The molecule has 0 bridgehead atoms. The van der Waals surface area contributed by atoms with E-state index in [9.17, 15) is 4.79 Å². The number of ether oxygens (including phenoxy) is 1. The molecule has 86 valence electrons. The third-order valence-electron chi connectivity index (χ3n) is 2.09. The molecule has 0 atom stereocenters. The van der Waals surface area contributed by atoms with E-state index in [4.69, 9.17) is 9.57 Å². The van der Waals surface area contributed by atoms with Crippen LogP contribution in [0.4, 0.5) is 0 Å². The highest BCUT2D eigenvalue weighted by molar-refractivity contribution is 5.93. The van der Waals surface area contributed by atoms with E-state index in [1.165, 1.54) is 12.2 Å². The summed E-state index contributed by atoms with van der Waals surface area (Å²) in [5.74, 6) is -0.185. The van der Waals surface area contributed by atoms with E-state index in [0.717, 1.165) is 5.56 Å². The van der Waals surface area contributed by atoms with Crippen molar-refractivity contribution in [1.82, 2.24) is 5.06 Å². The summed E-state index contributed by atoms with van der Waals surface area (Å²) in [6.07, 6.45) is 3.34. The molecule has 1 rings (SSSR count). The summed E-state index contributed by atoms with van der Waals surface area (Å²) >= 11 is 0. The van der Waals surface area contributed by atoms with Gasteiger partial charge in [-0.3, -0.25) is 9.63 Å². The van der Waals surface area contributed by atoms with E-state index >= 15 is 0 Å². The van der Waals surface area contributed by atoms with Crippen LogP contribution in [-0.2, 0) is 9.57 Å². The number of hydrogen-bond donors (Lipinski definition) is 0. The van der Waals surface area contributed by atoms with Gasteiger partial charge in [-0.15, -0.1) is 0 Å². The van der Waals surface area contributed by atoms with E-state index in [1.807, 2.05) is 12.1 Å². The molecule has 16 heavy (non-hydrogen) atoms. The van der Waals surface area contributed by atoms with Crippen LogP contribution in [0.5, 0.6) is 0 Å². The molecule has 0 radical (unpaired) electrons. The second-order valence-corrected chi connectivity index (χ2v) is 3.15. The predicted octanol–water partition coefficient (Wildman–Crippen LogP) is 1.94. The first-order valence-electron chi connectivity index (χ1n) is 4.80. The Morgan fingerprint density at radius 2 is 2.12 bits per heavy atom. The topological polar surface area (TPSA) is 38.8 Å². The maximum atomic E-state index is 11.7. The average Bonchev–Trinajstić information content (AvgIpc) is 2.34. The van der Waals surface area contributed by atoms with Crippen molar-refractivity contribution in [2.45, 2.75) is 0 Å². The summed E-state index contributed by atoms with van der Waals surface area (Å²) in [6.45, 7) is 0. The van der Waals surface area contributed by atoms with Gasteiger partial charge in [-0.05, 0) is 23.8 Å². The highest BCUT2D eigenvalue weighted by Crippen LogP contribution is 2.09. The van der Waals surface area contributed by atoms with Crippen LogP contribution < -0.4 is 0 Å². The molecule has 1 aromatic carbocycles. The number of hydroxylamine groups is 2. The molecule has 0 N–H and O–H groups in total. The maximum Gasteiger partial charge on any atom is 0.277 e. The lowest BCUT2D eigenvalue weighted by molar-refractivity contribution is -0.0757. The van der Waals surface area contributed by atoms with Gasteiger partial charge in [-0.1, -0.05) is 12.1 Å². The quantitative estimate of drug-likeness (QED) is 0.576. The monoisotopic (exact) mass is 221 g/mol. The molecule has 0 aliphatic heterocycles. The van der Waals surface area contributed by atoms with Gasteiger partial charge in [0, 0.05) is 12.6 Å². The first-order valence-corrected chi connectivity index (χ1v) is 4.80. The molecular weight excluding hydrogens is 206 g/mol. The van der Waals surface area contributed by atoms with Crippen molar-refractivity contribution in [1.29, 1.82) is 0 Å². The zero-order valence-corrected chi connectivity index (χ0v) is 9.64.